The molecule has 0 bridgehead atoms. The highest BCUT2D eigenvalue weighted by Crippen LogP contribution is 2.34. The first-order valence-electron chi connectivity index (χ1n) is 6.21. The van der Waals surface area contributed by atoms with Gasteiger partial charge in [0.25, 0.3) is 0 Å². The second kappa shape index (κ2) is 5.63. The van der Waals surface area contributed by atoms with Gasteiger partial charge in [0.1, 0.15) is 0 Å². The van der Waals surface area contributed by atoms with Gasteiger partial charge in [-0.2, -0.15) is 5.10 Å². The number of nitrogens with one attached hydrogen (secondary N) is 1. The van der Waals surface area contributed by atoms with Crippen molar-refractivity contribution in [2.45, 2.75) is 39.8 Å². The highest BCUT2D eigenvalue weighted by Gasteiger charge is 2.24. The van der Waals surface area contributed by atoms with E-state index in [1.807, 2.05) is 4.68 Å². The van der Waals surface area contributed by atoms with Gasteiger partial charge in [-0.15, -0.1) is 11.3 Å². The minimum Gasteiger partial charge on any atom is -0.270 e. The van der Waals surface area contributed by atoms with Crippen molar-refractivity contribution in [3.8, 4) is 0 Å². The van der Waals surface area contributed by atoms with Gasteiger partial charge in [0.15, 0.2) is 0 Å². The topological polar surface area (TPSA) is 55.9 Å². The monoisotopic (exact) mass is 298 g/mol. The highest BCUT2D eigenvalue weighted by molar-refractivity contribution is 7.12. The Morgan fingerprint density at radius 2 is 2.11 bits per heavy atom. The third-order valence-corrected chi connectivity index (χ3v) is 4.69. The molecule has 2 aromatic rings. The smallest absolute Gasteiger partial charge is 0.0985 e. The minimum absolute atomic E-state index is 0.130. The van der Waals surface area contributed by atoms with E-state index in [0.717, 1.165) is 10.6 Å². The fourth-order valence-corrected chi connectivity index (χ4v) is 3.42. The Morgan fingerprint density at radius 1 is 1.42 bits per heavy atom. The van der Waals surface area contributed by atoms with Gasteiger partial charge in [0.05, 0.1) is 23.0 Å². The zero-order chi connectivity index (χ0) is 14.2. The van der Waals surface area contributed by atoms with E-state index >= 15 is 0 Å². The van der Waals surface area contributed by atoms with Gasteiger partial charge in [-0.1, -0.05) is 11.6 Å². The molecule has 0 saturated heterocycles. The third kappa shape index (κ3) is 2.69. The number of hydrazine groups is 1. The molecule has 4 nitrogen and oxygen atoms in total. The summed E-state index contributed by atoms with van der Waals surface area (Å²) in [5.74, 6) is 5.75. The maximum absolute atomic E-state index is 6.28. The molecule has 0 saturated carbocycles. The fourth-order valence-electron chi connectivity index (χ4n) is 2.07. The average molecular weight is 299 g/mol. The van der Waals surface area contributed by atoms with Crippen LogP contribution in [0.15, 0.2) is 12.3 Å². The Hall–Kier alpha value is -0.880. The molecule has 0 aromatic carbocycles. The zero-order valence-corrected chi connectivity index (χ0v) is 13.1. The van der Waals surface area contributed by atoms with Crippen LogP contribution in [0, 0.1) is 13.8 Å². The zero-order valence-electron chi connectivity index (χ0n) is 11.6. The highest BCUT2D eigenvalue weighted by atomic mass is 35.5. The van der Waals surface area contributed by atoms with E-state index in [9.17, 15) is 0 Å². The van der Waals surface area contributed by atoms with Crippen LogP contribution in [0.4, 0.5) is 0 Å². The van der Waals surface area contributed by atoms with Crippen LogP contribution in [0.2, 0.25) is 5.02 Å². The van der Waals surface area contributed by atoms with E-state index in [-0.39, 0.29) is 12.1 Å². The van der Waals surface area contributed by atoms with Crippen LogP contribution in [0.1, 0.15) is 46.9 Å². The van der Waals surface area contributed by atoms with Crippen molar-refractivity contribution >= 4 is 22.9 Å². The summed E-state index contributed by atoms with van der Waals surface area (Å²) in [6, 6.07) is 2.26. The normalized spacial score (nSPS) is 13.2. The summed E-state index contributed by atoms with van der Waals surface area (Å²) in [7, 11) is 0. The first-order valence-corrected chi connectivity index (χ1v) is 7.41. The van der Waals surface area contributed by atoms with Crippen molar-refractivity contribution in [3.63, 3.8) is 0 Å². The van der Waals surface area contributed by atoms with Gasteiger partial charge in [0, 0.05) is 15.8 Å². The van der Waals surface area contributed by atoms with E-state index in [0.29, 0.717) is 5.02 Å². The molecule has 0 amide bonds. The predicted octanol–water partition coefficient (Wildman–Crippen LogP) is 3.35. The van der Waals surface area contributed by atoms with Crippen LogP contribution in [0.5, 0.6) is 0 Å². The molecule has 0 fully saturated rings. The third-order valence-electron chi connectivity index (χ3n) is 3.19. The summed E-state index contributed by atoms with van der Waals surface area (Å²) < 4.78 is 1.91. The van der Waals surface area contributed by atoms with Crippen LogP contribution < -0.4 is 11.3 Å². The molecule has 1 unspecified atom stereocenters. The molecule has 2 aromatic heterocycles. The number of nitrogens with two attached hydrogens (primary N) is 1. The number of halogens is 1. The van der Waals surface area contributed by atoms with E-state index in [4.69, 9.17) is 17.4 Å². The average Bonchev–Trinajstić information content (AvgIpc) is 2.86. The van der Waals surface area contributed by atoms with Gasteiger partial charge in [0.2, 0.25) is 0 Å². The van der Waals surface area contributed by atoms with Gasteiger partial charge >= 0.3 is 0 Å². The molecule has 19 heavy (non-hydrogen) atoms. The van der Waals surface area contributed by atoms with Crippen molar-refractivity contribution in [1.82, 2.24) is 15.2 Å². The number of aromatic nitrogens is 2. The van der Waals surface area contributed by atoms with Crippen molar-refractivity contribution in [3.05, 3.63) is 38.3 Å². The van der Waals surface area contributed by atoms with Crippen LogP contribution in [0.3, 0.4) is 0 Å². The molecule has 3 N–H and O–H groups in total. The summed E-state index contributed by atoms with van der Waals surface area (Å²) in [5.41, 5.74) is 5.05. The Morgan fingerprint density at radius 3 is 2.58 bits per heavy atom. The maximum Gasteiger partial charge on any atom is 0.0985 e. The van der Waals surface area contributed by atoms with Crippen molar-refractivity contribution in [1.29, 1.82) is 0 Å². The van der Waals surface area contributed by atoms with E-state index in [1.165, 1.54) is 10.4 Å². The standard InChI is InChI=1S/C13H19ClN4S/c1-7(2)18-13(10(14)6-16-18)12(17-15)11-5-8(3)9(4)19-11/h5-7,12,17H,15H2,1-4H3. The summed E-state index contributed by atoms with van der Waals surface area (Å²) in [6.07, 6.45) is 1.68. The summed E-state index contributed by atoms with van der Waals surface area (Å²) in [4.78, 5) is 2.45. The molecule has 6 heteroatoms. The lowest BCUT2D eigenvalue weighted by Gasteiger charge is -2.19. The lowest BCUT2D eigenvalue weighted by atomic mass is 10.1. The lowest BCUT2D eigenvalue weighted by Crippen LogP contribution is -2.30. The minimum atomic E-state index is -0.130. The lowest BCUT2D eigenvalue weighted by molar-refractivity contribution is 0.478. The molecule has 0 aliphatic rings. The molecule has 0 aliphatic heterocycles. The largest absolute Gasteiger partial charge is 0.270 e. The van der Waals surface area contributed by atoms with Crippen LogP contribution >= 0.6 is 22.9 Å². The fraction of sp³-hybridized carbons (Fsp3) is 0.462. The van der Waals surface area contributed by atoms with Gasteiger partial charge < -0.3 is 0 Å². The van der Waals surface area contributed by atoms with Crippen LogP contribution in [-0.2, 0) is 0 Å². The molecule has 0 spiro atoms. The Balaban J connectivity index is 2.50. The molecule has 104 valence electrons. The number of hydrogen-bond donors (Lipinski definition) is 2. The maximum atomic E-state index is 6.28. The first kappa shape index (κ1) is 14.5. The van der Waals surface area contributed by atoms with E-state index in [1.54, 1.807) is 17.5 Å². The molecular formula is C13H19ClN4S. The Bertz CT molecular complexity index is 554. The molecule has 1 atom stereocenters. The van der Waals surface area contributed by atoms with Gasteiger partial charge in [-0.05, 0) is 39.3 Å². The molecular weight excluding hydrogens is 280 g/mol. The second-order valence-electron chi connectivity index (χ2n) is 4.90. The molecule has 2 rings (SSSR count). The summed E-state index contributed by atoms with van der Waals surface area (Å²) >= 11 is 8.02. The predicted molar refractivity (Wildman–Crippen MR) is 80.6 cm³/mol. The Labute approximate surface area is 122 Å². The number of nitrogens with zero attached hydrogens (tertiary/aromatic N) is 2. The molecule has 0 radical (unpaired) electrons. The van der Waals surface area contributed by atoms with E-state index < -0.39 is 0 Å². The summed E-state index contributed by atoms with van der Waals surface area (Å²) in [6.45, 7) is 8.36. The van der Waals surface area contributed by atoms with Crippen molar-refractivity contribution in [2.24, 2.45) is 5.84 Å². The number of thiophene rings is 1. The van der Waals surface area contributed by atoms with Crippen LogP contribution in [-0.4, -0.2) is 9.78 Å². The molecule has 0 aliphatic carbocycles. The number of aryl methyl sites for hydroxylation is 2. The van der Waals surface area contributed by atoms with Crippen molar-refractivity contribution < 1.29 is 0 Å². The second-order valence-corrected chi connectivity index (χ2v) is 6.60. The Kier molecular flexibility index (Phi) is 4.30. The number of hydrogen-bond acceptors (Lipinski definition) is 4. The first-order chi connectivity index (χ1) is 8.95. The van der Waals surface area contributed by atoms with Crippen LogP contribution in [0.25, 0.3) is 0 Å². The van der Waals surface area contributed by atoms with Gasteiger partial charge in [-0.25, -0.2) is 5.43 Å². The van der Waals surface area contributed by atoms with Gasteiger partial charge in [-0.3, -0.25) is 10.5 Å². The summed E-state index contributed by atoms with van der Waals surface area (Å²) in [5, 5.41) is 4.97. The molecule has 2 heterocycles. The quantitative estimate of drug-likeness (QED) is 0.672. The number of rotatable bonds is 4. The van der Waals surface area contributed by atoms with Crippen molar-refractivity contribution in [2.75, 3.05) is 0 Å². The SMILES string of the molecule is Cc1cc(C(NN)c2c(Cl)cnn2C(C)C)sc1C. The van der Waals surface area contributed by atoms with E-state index in [2.05, 4.69) is 44.3 Å².